The Morgan fingerprint density at radius 1 is 1.38 bits per heavy atom. The van der Waals surface area contributed by atoms with Crippen molar-refractivity contribution in [2.75, 3.05) is 6.61 Å². The fraction of sp³-hybridized carbons (Fsp3) is 0.462. The zero-order valence-corrected chi connectivity index (χ0v) is 9.80. The Morgan fingerprint density at radius 2 is 2.06 bits per heavy atom. The van der Waals surface area contributed by atoms with Gasteiger partial charge < -0.3 is 10.2 Å². The molecule has 2 atom stereocenters. The number of aliphatic imine (C=N–C) groups is 1. The Labute approximate surface area is 96.5 Å². The lowest BCUT2D eigenvalue weighted by atomic mass is 10.0. The lowest BCUT2D eigenvalue weighted by molar-refractivity contribution is 0.232. The molecule has 0 fully saturated rings. The van der Waals surface area contributed by atoms with Crippen LogP contribution < -0.4 is 0 Å². The fourth-order valence-corrected chi connectivity index (χ4v) is 1.42. The standard InChI is InChI=1S/C13H19NO2/c1-3-10(2)12(9-15)14-8-11-6-4-5-7-13(11)16/h4-8,10,12,15-16H,3,9H2,1-2H3/t10-,12+/m0/s1. The summed E-state index contributed by atoms with van der Waals surface area (Å²) in [4.78, 5) is 4.31. The first kappa shape index (κ1) is 12.7. The van der Waals surface area contributed by atoms with Crippen molar-refractivity contribution in [1.29, 1.82) is 0 Å². The van der Waals surface area contributed by atoms with Crippen LogP contribution in [0, 0.1) is 5.92 Å². The number of rotatable bonds is 5. The van der Waals surface area contributed by atoms with Gasteiger partial charge in [0.2, 0.25) is 0 Å². The van der Waals surface area contributed by atoms with Gasteiger partial charge in [0, 0.05) is 11.8 Å². The van der Waals surface area contributed by atoms with E-state index in [1.165, 1.54) is 0 Å². The maximum atomic E-state index is 9.54. The van der Waals surface area contributed by atoms with Crippen LogP contribution in [0.3, 0.4) is 0 Å². The summed E-state index contributed by atoms with van der Waals surface area (Å²) in [7, 11) is 0. The summed E-state index contributed by atoms with van der Waals surface area (Å²) in [5, 5.41) is 18.7. The highest BCUT2D eigenvalue weighted by Crippen LogP contribution is 2.15. The molecule has 0 spiro atoms. The van der Waals surface area contributed by atoms with Crippen molar-refractivity contribution in [3.63, 3.8) is 0 Å². The average Bonchev–Trinajstić information content (AvgIpc) is 2.31. The molecule has 1 rings (SSSR count). The zero-order valence-electron chi connectivity index (χ0n) is 9.80. The first-order valence-electron chi connectivity index (χ1n) is 5.61. The maximum absolute atomic E-state index is 9.54. The molecule has 0 aromatic heterocycles. The second kappa shape index (κ2) is 6.28. The molecule has 0 saturated heterocycles. The number of aliphatic hydroxyl groups excluding tert-OH is 1. The summed E-state index contributed by atoms with van der Waals surface area (Å²) in [6.45, 7) is 4.17. The smallest absolute Gasteiger partial charge is 0.124 e. The van der Waals surface area contributed by atoms with Crippen LogP contribution in [0.4, 0.5) is 0 Å². The highest BCUT2D eigenvalue weighted by Gasteiger charge is 2.12. The van der Waals surface area contributed by atoms with Crippen LogP contribution in [0.1, 0.15) is 25.8 Å². The van der Waals surface area contributed by atoms with E-state index in [0.717, 1.165) is 6.42 Å². The number of hydrogen-bond donors (Lipinski definition) is 2. The Bertz CT molecular complexity index is 350. The van der Waals surface area contributed by atoms with Crippen molar-refractivity contribution in [2.24, 2.45) is 10.9 Å². The third-order valence-corrected chi connectivity index (χ3v) is 2.83. The number of aromatic hydroxyl groups is 1. The molecule has 0 saturated carbocycles. The number of para-hydroxylation sites is 1. The minimum Gasteiger partial charge on any atom is -0.507 e. The lowest BCUT2D eigenvalue weighted by Gasteiger charge is -2.15. The van der Waals surface area contributed by atoms with E-state index in [1.807, 2.05) is 6.07 Å². The molecule has 1 aromatic carbocycles. The average molecular weight is 221 g/mol. The minimum absolute atomic E-state index is 0.0408. The topological polar surface area (TPSA) is 52.8 Å². The van der Waals surface area contributed by atoms with Crippen molar-refractivity contribution in [3.8, 4) is 5.75 Å². The Kier molecular flexibility index (Phi) is 4.99. The van der Waals surface area contributed by atoms with E-state index >= 15 is 0 Å². The molecule has 0 heterocycles. The Balaban J connectivity index is 2.75. The second-order valence-electron chi connectivity index (χ2n) is 3.97. The van der Waals surface area contributed by atoms with Crippen molar-refractivity contribution in [2.45, 2.75) is 26.3 Å². The predicted molar refractivity (Wildman–Crippen MR) is 66.0 cm³/mol. The van der Waals surface area contributed by atoms with E-state index in [-0.39, 0.29) is 18.4 Å². The normalized spacial score (nSPS) is 15.2. The summed E-state index contributed by atoms with van der Waals surface area (Å²) in [5.41, 5.74) is 0.684. The van der Waals surface area contributed by atoms with E-state index in [9.17, 15) is 10.2 Å². The van der Waals surface area contributed by atoms with Gasteiger partial charge >= 0.3 is 0 Å². The summed E-state index contributed by atoms with van der Waals surface area (Å²) in [5.74, 6) is 0.555. The number of benzene rings is 1. The largest absolute Gasteiger partial charge is 0.507 e. The lowest BCUT2D eigenvalue weighted by Crippen LogP contribution is -2.19. The first-order valence-corrected chi connectivity index (χ1v) is 5.61. The highest BCUT2D eigenvalue weighted by atomic mass is 16.3. The molecular weight excluding hydrogens is 202 g/mol. The monoisotopic (exact) mass is 221 g/mol. The molecule has 0 aliphatic heterocycles. The van der Waals surface area contributed by atoms with Crippen LogP contribution in [0.15, 0.2) is 29.3 Å². The van der Waals surface area contributed by atoms with Gasteiger partial charge in [-0.3, -0.25) is 4.99 Å². The molecule has 0 aliphatic carbocycles. The van der Waals surface area contributed by atoms with E-state index < -0.39 is 0 Å². The van der Waals surface area contributed by atoms with Gasteiger partial charge in [0.1, 0.15) is 5.75 Å². The van der Waals surface area contributed by atoms with Gasteiger partial charge in [-0.1, -0.05) is 32.4 Å². The number of hydrogen-bond acceptors (Lipinski definition) is 3. The highest BCUT2D eigenvalue weighted by molar-refractivity contribution is 5.83. The van der Waals surface area contributed by atoms with Crippen LogP contribution >= 0.6 is 0 Å². The van der Waals surface area contributed by atoms with Gasteiger partial charge in [-0.15, -0.1) is 0 Å². The molecule has 0 radical (unpaired) electrons. The third kappa shape index (κ3) is 3.35. The molecule has 2 N–H and O–H groups in total. The van der Waals surface area contributed by atoms with E-state index in [1.54, 1.807) is 24.4 Å². The van der Waals surface area contributed by atoms with E-state index in [0.29, 0.717) is 11.5 Å². The van der Waals surface area contributed by atoms with Crippen molar-refractivity contribution in [1.82, 2.24) is 0 Å². The molecule has 3 nitrogen and oxygen atoms in total. The second-order valence-corrected chi connectivity index (χ2v) is 3.97. The molecule has 0 amide bonds. The quantitative estimate of drug-likeness (QED) is 0.749. The summed E-state index contributed by atoms with van der Waals surface area (Å²) in [6.07, 6.45) is 2.60. The van der Waals surface area contributed by atoms with Gasteiger partial charge in [0.15, 0.2) is 0 Å². The van der Waals surface area contributed by atoms with Crippen LogP contribution in [-0.4, -0.2) is 29.1 Å². The molecule has 0 aliphatic rings. The molecule has 88 valence electrons. The van der Waals surface area contributed by atoms with Crippen molar-refractivity contribution >= 4 is 6.21 Å². The summed E-state index contributed by atoms with van der Waals surface area (Å²) < 4.78 is 0. The van der Waals surface area contributed by atoms with Crippen LogP contribution in [0.5, 0.6) is 5.75 Å². The minimum atomic E-state index is -0.0930. The number of aliphatic hydroxyl groups is 1. The van der Waals surface area contributed by atoms with Gasteiger partial charge in [0.05, 0.1) is 12.6 Å². The zero-order chi connectivity index (χ0) is 12.0. The van der Waals surface area contributed by atoms with Crippen LogP contribution in [-0.2, 0) is 0 Å². The van der Waals surface area contributed by atoms with E-state index in [4.69, 9.17) is 0 Å². The van der Waals surface area contributed by atoms with E-state index in [2.05, 4.69) is 18.8 Å². The molecular formula is C13H19NO2. The molecule has 0 unspecified atom stereocenters. The fourth-order valence-electron chi connectivity index (χ4n) is 1.42. The maximum Gasteiger partial charge on any atom is 0.124 e. The molecule has 1 aromatic rings. The van der Waals surface area contributed by atoms with Gasteiger partial charge in [-0.05, 0) is 18.1 Å². The van der Waals surface area contributed by atoms with Crippen LogP contribution in [0.25, 0.3) is 0 Å². The van der Waals surface area contributed by atoms with Gasteiger partial charge in [-0.25, -0.2) is 0 Å². The summed E-state index contributed by atoms with van der Waals surface area (Å²) >= 11 is 0. The summed E-state index contributed by atoms with van der Waals surface area (Å²) in [6, 6.07) is 6.94. The Hall–Kier alpha value is -1.35. The number of phenolic OH excluding ortho intramolecular Hbond substituents is 1. The first-order chi connectivity index (χ1) is 7.69. The number of nitrogens with zero attached hydrogens (tertiary/aromatic N) is 1. The predicted octanol–water partition coefficient (Wildman–Crippen LogP) is 2.22. The molecule has 16 heavy (non-hydrogen) atoms. The van der Waals surface area contributed by atoms with Gasteiger partial charge in [-0.2, -0.15) is 0 Å². The van der Waals surface area contributed by atoms with Crippen LogP contribution in [0.2, 0.25) is 0 Å². The Morgan fingerprint density at radius 3 is 2.62 bits per heavy atom. The number of phenols is 1. The molecule has 3 heteroatoms. The molecule has 0 bridgehead atoms. The van der Waals surface area contributed by atoms with Crippen molar-refractivity contribution < 1.29 is 10.2 Å². The SMILES string of the molecule is CC[C@H](C)[C@@H](CO)N=Cc1ccccc1O. The third-order valence-electron chi connectivity index (χ3n) is 2.83. The van der Waals surface area contributed by atoms with Crippen molar-refractivity contribution in [3.05, 3.63) is 29.8 Å². The van der Waals surface area contributed by atoms with Gasteiger partial charge in [0.25, 0.3) is 0 Å².